The highest BCUT2D eigenvalue weighted by Gasteiger charge is 2.26. The van der Waals surface area contributed by atoms with E-state index in [0.29, 0.717) is 24.8 Å². The molecule has 1 aromatic rings. The van der Waals surface area contributed by atoms with Crippen LogP contribution in [-0.2, 0) is 16.0 Å². The molecule has 33 heavy (non-hydrogen) atoms. The Balaban J connectivity index is 2.54. The minimum absolute atomic E-state index is 0.0000318. The summed E-state index contributed by atoms with van der Waals surface area (Å²) in [5, 5.41) is 32.0. The largest absolute Gasteiger partial charge is 0.505 e. The molecule has 1 aromatic heterocycles. The Morgan fingerprint density at radius 3 is 2.76 bits per heavy atom. The molecule has 0 saturated heterocycles. The topological polar surface area (TPSA) is 132 Å². The van der Waals surface area contributed by atoms with Crippen LogP contribution < -0.4 is 15.0 Å². The number of anilines is 1. The van der Waals surface area contributed by atoms with Crippen LogP contribution in [0.25, 0.3) is 5.76 Å². The Bertz CT molecular complexity index is 952. The van der Waals surface area contributed by atoms with Crippen LogP contribution in [-0.4, -0.2) is 65.0 Å². The van der Waals surface area contributed by atoms with Gasteiger partial charge in [0.1, 0.15) is 35.3 Å². The van der Waals surface area contributed by atoms with Crippen molar-refractivity contribution < 1.29 is 34.0 Å². The molecule has 0 spiro atoms. The van der Waals surface area contributed by atoms with Gasteiger partial charge in [-0.3, -0.25) is 14.6 Å². The van der Waals surface area contributed by atoms with Crippen molar-refractivity contribution in [2.24, 2.45) is 5.92 Å². The van der Waals surface area contributed by atoms with E-state index < -0.39 is 17.3 Å². The fourth-order valence-electron chi connectivity index (χ4n) is 3.14. The third-order valence-corrected chi connectivity index (χ3v) is 4.71. The van der Waals surface area contributed by atoms with E-state index in [9.17, 15) is 24.2 Å². The van der Waals surface area contributed by atoms with E-state index in [-0.39, 0.29) is 48.6 Å². The Morgan fingerprint density at radius 1 is 1.45 bits per heavy atom. The van der Waals surface area contributed by atoms with Crippen LogP contribution in [0.4, 0.5) is 10.1 Å². The second kappa shape index (κ2) is 11.6. The number of nitrogens with zero attached hydrogens (tertiary/aromatic N) is 2. The number of hydrogen-bond donors (Lipinski definition) is 4. The van der Waals surface area contributed by atoms with Gasteiger partial charge in [0.25, 0.3) is 0 Å². The van der Waals surface area contributed by atoms with Crippen molar-refractivity contribution in [1.29, 1.82) is 0 Å². The second-order valence-corrected chi connectivity index (χ2v) is 8.32. The third-order valence-electron chi connectivity index (χ3n) is 4.71. The molecule has 0 radical (unpaired) electrons. The van der Waals surface area contributed by atoms with E-state index in [0.717, 1.165) is 11.0 Å². The lowest BCUT2D eigenvalue weighted by atomic mass is 9.92. The van der Waals surface area contributed by atoms with Gasteiger partial charge < -0.3 is 30.3 Å². The highest BCUT2D eigenvalue weighted by Crippen LogP contribution is 2.38. The number of nitrogens with one attached hydrogen (secondary N) is 1. The Kier molecular flexibility index (Phi) is 9.12. The van der Waals surface area contributed by atoms with Crippen LogP contribution in [0.15, 0.2) is 36.3 Å². The van der Waals surface area contributed by atoms with Crippen LogP contribution >= 0.6 is 0 Å². The number of halogens is 1. The number of carbonyl (C=O) groups is 2. The van der Waals surface area contributed by atoms with Crippen molar-refractivity contribution in [2.75, 3.05) is 31.7 Å². The van der Waals surface area contributed by atoms with Crippen molar-refractivity contribution >= 4 is 23.8 Å². The molecule has 0 aromatic carbocycles. The van der Waals surface area contributed by atoms with Crippen molar-refractivity contribution in [3.8, 4) is 5.75 Å². The Hall–Kier alpha value is -3.24. The maximum atomic E-state index is 13.3. The molecule has 0 aliphatic heterocycles. The molecule has 1 atom stereocenters. The number of amides is 2. The number of pyridine rings is 1. The highest BCUT2D eigenvalue weighted by molar-refractivity contribution is 5.96. The summed E-state index contributed by atoms with van der Waals surface area (Å²) in [6.07, 6.45) is 8.29. The zero-order valence-corrected chi connectivity index (χ0v) is 18.9. The first-order chi connectivity index (χ1) is 15.6. The van der Waals surface area contributed by atoms with Gasteiger partial charge in [-0.05, 0) is 44.8 Å². The van der Waals surface area contributed by atoms with Crippen molar-refractivity contribution in [3.63, 3.8) is 0 Å². The van der Waals surface area contributed by atoms with Gasteiger partial charge in [0, 0.05) is 31.4 Å². The van der Waals surface area contributed by atoms with E-state index >= 15 is 0 Å². The summed E-state index contributed by atoms with van der Waals surface area (Å²) in [6.45, 7) is 2.71. The lowest BCUT2D eigenvalue weighted by Gasteiger charge is -2.26. The molecule has 0 fully saturated rings. The molecule has 10 heteroatoms. The molecular weight excluding hydrogens is 433 g/mol. The highest BCUT2D eigenvalue weighted by atomic mass is 19.1. The molecule has 1 unspecified atom stereocenters. The minimum atomic E-state index is -1.20. The van der Waals surface area contributed by atoms with Crippen molar-refractivity contribution in [1.82, 2.24) is 10.3 Å². The molecule has 9 nitrogen and oxygen atoms in total. The van der Waals surface area contributed by atoms with Crippen LogP contribution in [0, 0.1) is 5.92 Å². The molecule has 1 heterocycles. The zero-order valence-electron chi connectivity index (χ0n) is 18.9. The number of carbonyl (C=O) groups excluding carboxylic acids is 2. The van der Waals surface area contributed by atoms with Crippen LogP contribution in [0.5, 0.6) is 5.75 Å². The van der Waals surface area contributed by atoms with Gasteiger partial charge in [-0.1, -0.05) is 6.08 Å². The maximum absolute atomic E-state index is 13.3. The van der Waals surface area contributed by atoms with Crippen LogP contribution in [0.3, 0.4) is 0 Å². The van der Waals surface area contributed by atoms with Crippen LogP contribution in [0.2, 0.25) is 0 Å². The first-order valence-electron chi connectivity index (χ1n) is 10.4. The summed E-state index contributed by atoms with van der Waals surface area (Å²) in [6, 6.07) is 0. The number of rotatable bonds is 11. The monoisotopic (exact) mass is 463 g/mol. The van der Waals surface area contributed by atoms with Gasteiger partial charge in [-0.25, -0.2) is 4.39 Å². The predicted octanol–water partition coefficient (Wildman–Crippen LogP) is 1.80. The van der Waals surface area contributed by atoms with E-state index in [1.54, 1.807) is 19.9 Å². The number of ether oxygens (including phenoxy) is 1. The predicted molar refractivity (Wildman–Crippen MR) is 121 cm³/mol. The normalized spacial score (nSPS) is 16.2. The first kappa shape index (κ1) is 26.0. The Labute approximate surface area is 191 Å². The molecular formula is C23H30FN3O6. The van der Waals surface area contributed by atoms with Crippen molar-refractivity contribution in [2.45, 2.75) is 32.3 Å². The van der Waals surface area contributed by atoms with Gasteiger partial charge >= 0.3 is 0 Å². The SMILES string of the molecule is CN(C=O)c1c(/C(O)=C/C(=O)NCCO)ncc(CC2C=CC(F)=CC2)c1OCC(C)(C)O. The lowest BCUT2D eigenvalue weighted by molar-refractivity contribution is -0.116. The molecule has 180 valence electrons. The number of aliphatic hydroxyl groups is 3. The second-order valence-electron chi connectivity index (χ2n) is 8.32. The average Bonchev–Trinajstić information content (AvgIpc) is 2.76. The molecule has 1 aliphatic rings. The molecule has 0 saturated carbocycles. The smallest absolute Gasteiger partial charge is 0.247 e. The summed E-state index contributed by atoms with van der Waals surface area (Å²) in [5.41, 5.74) is -0.592. The molecule has 0 bridgehead atoms. The van der Waals surface area contributed by atoms with Gasteiger partial charge in [0.05, 0.1) is 12.2 Å². The fourth-order valence-corrected chi connectivity index (χ4v) is 3.14. The number of hydrogen-bond acceptors (Lipinski definition) is 7. The number of aromatic nitrogens is 1. The summed E-state index contributed by atoms with van der Waals surface area (Å²) >= 11 is 0. The van der Waals surface area contributed by atoms with Gasteiger partial charge in [-0.15, -0.1) is 0 Å². The summed E-state index contributed by atoms with van der Waals surface area (Å²) in [7, 11) is 1.44. The summed E-state index contributed by atoms with van der Waals surface area (Å²) in [5.74, 6) is -1.34. The van der Waals surface area contributed by atoms with Crippen molar-refractivity contribution in [3.05, 3.63) is 47.6 Å². The van der Waals surface area contributed by atoms with E-state index in [1.807, 2.05) is 0 Å². The van der Waals surface area contributed by atoms with E-state index in [1.165, 1.54) is 25.4 Å². The van der Waals surface area contributed by atoms with Gasteiger partial charge in [-0.2, -0.15) is 0 Å². The fraction of sp³-hybridized carbons (Fsp3) is 0.435. The average molecular weight is 464 g/mol. The number of allylic oxidation sites excluding steroid dienone is 4. The first-order valence-corrected chi connectivity index (χ1v) is 10.4. The van der Waals surface area contributed by atoms with Crippen LogP contribution in [0.1, 0.15) is 31.5 Å². The zero-order chi connectivity index (χ0) is 24.6. The van der Waals surface area contributed by atoms with Gasteiger partial charge in [0.15, 0.2) is 0 Å². The van der Waals surface area contributed by atoms with E-state index in [2.05, 4.69) is 10.3 Å². The minimum Gasteiger partial charge on any atom is -0.505 e. The standard InChI is InChI=1S/C23H30FN3O6/c1-23(2,32)13-33-22-16(10-15-4-6-17(24)7-5-15)12-26-20(21(22)27(3)14-29)18(30)11-19(31)25-8-9-28/h4,6-7,11-12,14-15,28,30,32H,5,8-10,13H2,1-3H3,(H,25,31)/b18-11-. The Morgan fingerprint density at radius 2 is 2.18 bits per heavy atom. The summed E-state index contributed by atoms with van der Waals surface area (Å²) in [4.78, 5) is 29.0. The molecule has 2 rings (SSSR count). The van der Waals surface area contributed by atoms with Gasteiger partial charge in [0.2, 0.25) is 12.3 Å². The molecule has 1 aliphatic carbocycles. The van der Waals surface area contributed by atoms with E-state index in [4.69, 9.17) is 9.84 Å². The maximum Gasteiger partial charge on any atom is 0.247 e. The molecule has 2 amide bonds. The quantitative estimate of drug-likeness (QED) is 0.223. The third kappa shape index (κ3) is 7.69. The lowest BCUT2D eigenvalue weighted by Crippen LogP contribution is -2.29. The molecule has 4 N–H and O–H groups in total. The number of aliphatic hydroxyl groups excluding tert-OH is 2. The summed E-state index contributed by atoms with van der Waals surface area (Å²) < 4.78 is 19.3.